The first-order valence-corrected chi connectivity index (χ1v) is 12.1. The molecule has 2 aromatic rings. The number of hydrogen-bond donors (Lipinski definition) is 1. The van der Waals surface area contributed by atoms with E-state index in [-0.39, 0.29) is 23.9 Å². The molecule has 0 atom stereocenters. The average molecular weight is 494 g/mol. The van der Waals surface area contributed by atoms with Gasteiger partial charge in [-0.15, -0.1) is 0 Å². The standard InChI is InChI=1S/C20H23Cl3N2O4S/c1-14-5-7-16(13-18(14)22)29-11-9-24-20(26)4-3-10-25(30(2,27)28)15-6-8-17(21)19(23)12-15/h5-8,12-13H,3-4,9-11H2,1-2H3,(H,24,26). The second kappa shape index (κ2) is 11.1. The third-order valence-electron chi connectivity index (χ3n) is 4.19. The zero-order valence-electron chi connectivity index (χ0n) is 16.6. The minimum Gasteiger partial charge on any atom is -0.492 e. The lowest BCUT2D eigenvalue weighted by molar-refractivity contribution is -0.121. The zero-order chi connectivity index (χ0) is 22.3. The van der Waals surface area contributed by atoms with Crippen LogP contribution in [0.2, 0.25) is 15.1 Å². The lowest BCUT2D eigenvalue weighted by atomic mass is 10.2. The fourth-order valence-corrected chi connectivity index (χ4v) is 4.04. The van der Waals surface area contributed by atoms with E-state index in [1.54, 1.807) is 12.1 Å². The molecule has 0 saturated carbocycles. The van der Waals surface area contributed by atoms with Crippen molar-refractivity contribution in [1.82, 2.24) is 5.32 Å². The van der Waals surface area contributed by atoms with Crippen molar-refractivity contribution in [1.29, 1.82) is 0 Å². The minimum atomic E-state index is -3.53. The van der Waals surface area contributed by atoms with Crippen LogP contribution < -0.4 is 14.4 Å². The Labute approximate surface area is 192 Å². The second-order valence-corrected chi connectivity index (χ2v) is 9.77. The van der Waals surface area contributed by atoms with Crippen molar-refractivity contribution in [3.8, 4) is 5.75 Å². The van der Waals surface area contributed by atoms with Gasteiger partial charge in [0.05, 0.1) is 28.5 Å². The summed E-state index contributed by atoms with van der Waals surface area (Å²) in [6.45, 7) is 2.66. The Hall–Kier alpha value is -1.67. The van der Waals surface area contributed by atoms with E-state index in [4.69, 9.17) is 39.5 Å². The first-order chi connectivity index (χ1) is 14.1. The van der Waals surface area contributed by atoms with Gasteiger partial charge < -0.3 is 10.1 Å². The molecule has 10 heteroatoms. The lowest BCUT2D eigenvalue weighted by Gasteiger charge is -2.22. The molecule has 0 unspecified atom stereocenters. The summed E-state index contributed by atoms with van der Waals surface area (Å²) in [5.74, 6) is 0.438. The maximum absolute atomic E-state index is 12.1. The number of rotatable bonds is 10. The zero-order valence-corrected chi connectivity index (χ0v) is 19.7. The molecule has 164 valence electrons. The van der Waals surface area contributed by atoms with Gasteiger partial charge in [0.1, 0.15) is 12.4 Å². The third-order valence-corrected chi connectivity index (χ3v) is 6.53. The number of anilines is 1. The summed E-state index contributed by atoms with van der Waals surface area (Å²) in [7, 11) is -3.53. The molecule has 1 amide bonds. The number of amides is 1. The van der Waals surface area contributed by atoms with Gasteiger partial charge in [0.2, 0.25) is 15.9 Å². The predicted molar refractivity (Wildman–Crippen MR) is 123 cm³/mol. The van der Waals surface area contributed by atoms with Crippen LogP contribution in [0.15, 0.2) is 36.4 Å². The number of nitrogens with zero attached hydrogens (tertiary/aromatic N) is 1. The van der Waals surface area contributed by atoms with Crippen molar-refractivity contribution in [3.63, 3.8) is 0 Å². The van der Waals surface area contributed by atoms with Gasteiger partial charge in [-0.05, 0) is 49.2 Å². The Bertz CT molecular complexity index is 1000. The third kappa shape index (κ3) is 7.54. The summed E-state index contributed by atoms with van der Waals surface area (Å²) < 4.78 is 31.0. The molecule has 30 heavy (non-hydrogen) atoms. The molecule has 0 aliphatic rings. The van der Waals surface area contributed by atoms with Gasteiger partial charge in [-0.2, -0.15) is 0 Å². The van der Waals surface area contributed by atoms with Gasteiger partial charge in [0, 0.05) is 18.0 Å². The molecule has 0 aliphatic heterocycles. The molecule has 1 N–H and O–H groups in total. The van der Waals surface area contributed by atoms with Crippen molar-refractivity contribution >= 4 is 56.4 Å². The fourth-order valence-electron chi connectivity index (χ4n) is 2.62. The first-order valence-electron chi connectivity index (χ1n) is 9.16. The van der Waals surface area contributed by atoms with Crippen molar-refractivity contribution in [2.45, 2.75) is 19.8 Å². The number of ether oxygens (including phenoxy) is 1. The first kappa shape index (κ1) is 24.6. The van der Waals surface area contributed by atoms with E-state index in [1.807, 2.05) is 19.1 Å². The normalized spacial score (nSPS) is 11.2. The lowest BCUT2D eigenvalue weighted by Crippen LogP contribution is -2.32. The highest BCUT2D eigenvalue weighted by Gasteiger charge is 2.18. The van der Waals surface area contributed by atoms with Crippen LogP contribution in [-0.4, -0.2) is 40.3 Å². The van der Waals surface area contributed by atoms with E-state index < -0.39 is 10.0 Å². The topological polar surface area (TPSA) is 75.7 Å². The largest absolute Gasteiger partial charge is 0.492 e. The Morgan fingerprint density at radius 1 is 1.07 bits per heavy atom. The number of hydrogen-bond acceptors (Lipinski definition) is 4. The molecule has 0 heterocycles. The van der Waals surface area contributed by atoms with Crippen LogP contribution in [0.4, 0.5) is 5.69 Å². The molecule has 2 rings (SSSR count). The monoisotopic (exact) mass is 492 g/mol. The summed E-state index contributed by atoms with van der Waals surface area (Å²) in [5.41, 5.74) is 1.36. The highest BCUT2D eigenvalue weighted by molar-refractivity contribution is 7.92. The van der Waals surface area contributed by atoms with Crippen molar-refractivity contribution in [2.75, 3.05) is 30.3 Å². The van der Waals surface area contributed by atoms with Crippen LogP contribution in [0.5, 0.6) is 5.75 Å². The maximum atomic E-state index is 12.1. The average Bonchev–Trinajstić information content (AvgIpc) is 2.66. The molecule has 0 aliphatic carbocycles. The number of halogens is 3. The highest BCUT2D eigenvalue weighted by atomic mass is 35.5. The summed E-state index contributed by atoms with van der Waals surface area (Å²) in [6.07, 6.45) is 1.61. The predicted octanol–water partition coefficient (Wildman–Crippen LogP) is 4.70. The van der Waals surface area contributed by atoms with E-state index >= 15 is 0 Å². The van der Waals surface area contributed by atoms with Crippen molar-refractivity contribution < 1.29 is 17.9 Å². The van der Waals surface area contributed by atoms with Gasteiger partial charge in [-0.25, -0.2) is 8.42 Å². The van der Waals surface area contributed by atoms with Crippen LogP contribution in [0.25, 0.3) is 0 Å². The minimum absolute atomic E-state index is 0.141. The van der Waals surface area contributed by atoms with Crippen LogP contribution in [0.3, 0.4) is 0 Å². The molecule has 2 aromatic carbocycles. The number of aryl methyl sites for hydroxylation is 1. The van der Waals surface area contributed by atoms with E-state index in [0.717, 1.165) is 11.8 Å². The fraction of sp³-hybridized carbons (Fsp3) is 0.350. The van der Waals surface area contributed by atoms with Crippen LogP contribution >= 0.6 is 34.8 Å². The van der Waals surface area contributed by atoms with Crippen molar-refractivity contribution in [3.05, 3.63) is 57.0 Å². The summed E-state index contributed by atoms with van der Waals surface area (Å²) in [6, 6.07) is 9.99. The number of benzene rings is 2. The SMILES string of the molecule is Cc1ccc(OCCNC(=O)CCCN(c2ccc(Cl)c(Cl)c2)S(C)(=O)=O)cc1Cl. The summed E-state index contributed by atoms with van der Waals surface area (Å²) in [5, 5.41) is 3.96. The van der Waals surface area contributed by atoms with Crippen LogP contribution in [-0.2, 0) is 14.8 Å². The van der Waals surface area contributed by atoms with Gasteiger partial charge in [-0.1, -0.05) is 40.9 Å². The summed E-state index contributed by atoms with van der Waals surface area (Å²) in [4.78, 5) is 12.0. The molecular weight excluding hydrogens is 471 g/mol. The highest BCUT2D eigenvalue weighted by Crippen LogP contribution is 2.28. The van der Waals surface area contributed by atoms with E-state index in [9.17, 15) is 13.2 Å². The molecule has 0 fully saturated rings. The van der Waals surface area contributed by atoms with Crippen LogP contribution in [0.1, 0.15) is 18.4 Å². The van der Waals surface area contributed by atoms with Gasteiger partial charge >= 0.3 is 0 Å². The number of carbonyl (C=O) groups excluding carboxylic acids is 1. The summed E-state index contributed by atoms with van der Waals surface area (Å²) >= 11 is 17.9. The molecule has 0 spiro atoms. The molecule has 0 bridgehead atoms. The van der Waals surface area contributed by atoms with Gasteiger partial charge in [-0.3, -0.25) is 9.10 Å². The van der Waals surface area contributed by atoms with Gasteiger partial charge in [0.15, 0.2) is 0 Å². The van der Waals surface area contributed by atoms with Crippen LogP contribution in [0, 0.1) is 6.92 Å². The van der Waals surface area contributed by atoms with E-state index in [2.05, 4.69) is 5.32 Å². The van der Waals surface area contributed by atoms with E-state index in [1.165, 1.54) is 16.4 Å². The molecule has 0 saturated heterocycles. The second-order valence-electron chi connectivity index (χ2n) is 6.65. The Balaban J connectivity index is 1.78. The number of nitrogens with one attached hydrogen (secondary N) is 1. The van der Waals surface area contributed by atoms with E-state index in [0.29, 0.717) is 41.1 Å². The van der Waals surface area contributed by atoms with Gasteiger partial charge in [0.25, 0.3) is 0 Å². The molecule has 6 nitrogen and oxygen atoms in total. The number of carbonyl (C=O) groups is 1. The maximum Gasteiger partial charge on any atom is 0.232 e. The number of sulfonamides is 1. The molecule has 0 radical (unpaired) electrons. The smallest absolute Gasteiger partial charge is 0.232 e. The molecule has 0 aromatic heterocycles. The van der Waals surface area contributed by atoms with Crippen molar-refractivity contribution in [2.24, 2.45) is 0 Å². The molecular formula is C20H23Cl3N2O4S. The Kier molecular flexibility index (Phi) is 9.09. The Morgan fingerprint density at radius 2 is 1.80 bits per heavy atom. The Morgan fingerprint density at radius 3 is 2.43 bits per heavy atom. The quantitative estimate of drug-likeness (QED) is 0.487.